The second-order valence-corrected chi connectivity index (χ2v) is 4.20. The molecule has 0 atom stereocenters. The van der Waals surface area contributed by atoms with Crippen LogP contribution in [0.1, 0.15) is 11.4 Å². The van der Waals surface area contributed by atoms with Gasteiger partial charge in [-0.15, -0.1) is 10.2 Å². The molecule has 2 rings (SSSR count). The van der Waals surface area contributed by atoms with E-state index in [2.05, 4.69) is 28.5 Å². The van der Waals surface area contributed by atoms with Crippen LogP contribution in [0.25, 0.3) is 0 Å². The summed E-state index contributed by atoms with van der Waals surface area (Å²) in [5.74, 6) is 1.83. The van der Waals surface area contributed by atoms with E-state index in [1.807, 2.05) is 29.8 Å². The largest absolute Gasteiger partial charge is 0.492 e. The number of hydrogen-bond donors (Lipinski definition) is 1. The molecular formula is C13H18N4O. The van der Waals surface area contributed by atoms with Crippen molar-refractivity contribution in [3.63, 3.8) is 0 Å². The Hall–Kier alpha value is -1.88. The Kier molecular flexibility index (Phi) is 4.30. The summed E-state index contributed by atoms with van der Waals surface area (Å²) in [5, 5.41) is 11.1. The molecule has 0 saturated heterocycles. The molecule has 0 spiro atoms. The zero-order valence-corrected chi connectivity index (χ0v) is 10.8. The molecule has 0 fully saturated rings. The third-order valence-electron chi connectivity index (χ3n) is 2.63. The van der Waals surface area contributed by atoms with E-state index in [1.54, 1.807) is 6.33 Å². The van der Waals surface area contributed by atoms with Gasteiger partial charge in [0.15, 0.2) is 0 Å². The Bertz CT molecular complexity index is 495. The topological polar surface area (TPSA) is 52.0 Å². The lowest BCUT2D eigenvalue weighted by molar-refractivity contribution is 0.312. The summed E-state index contributed by atoms with van der Waals surface area (Å²) >= 11 is 0. The molecule has 0 bridgehead atoms. The molecule has 2 aromatic rings. The van der Waals surface area contributed by atoms with Crippen LogP contribution in [-0.4, -0.2) is 27.9 Å². The highest BCUT2D eigenvalue weighted by Gasteiger charge is 1.99. The Morgan fingerprint density at radius 2 is 2.28 bits per heavy atom. The number of benzene rings is 1. The molecule has 0 aliphatic carbocycles. The van der Waals surface area contributed by atoms with E-state index in [4.69, 9.17) is 4.74 Å². The molecule has 1 aromatic carbocycles. The zero-order valence-electron chi connectivity index (χ0n) is 10.8. The average molecular weight is 246 g/mol. The van der Waals surface area contributed by atoms with Crippen molar-refractivity contribution in [3.05, 3.63) is 42.0 Å². The van der Waals surface area contributed by atoms with Gasteiger partial charge in [-0.25, -0.2) is 0 Å². The number of hydrogen-bond acceptors (Lipinski definition) is 4. The lowest BCUT2D eigenvalue weighted by atomic mass is 10.2. The lowest BCUT2D eigenvalue weighted by Gasteiger charge is -2.07. The van der Waals surface area contributed by atoms with Crippen molar-refractivity contribution in [2.45, 2.75) is 13.5 Å². The second-order valence-electron chi connectivity index (χ2n) is 4.20. The molecular weight excluding hydrogens is 228 g/mol. The Morgan fingerprint density at radius 1 is 1.39 bits per heavy atom. The van der Waals surface area contributed by atoms with E-state index in [0.29, 0.717) is 13.2 Å². The van der Waals surface area contributed by atoms with Crippen molar-refractivity contribution >= 4 is 0 Å². The quantitative estimate of drug-likeness (QED) is 0.780. The van der Waals surface area contributed by atoms with Crippen LogP contribution in [0.3, 0.4) is 0 Å². The highest BCUT2D eigenvalue weighted by molar-refractivity contribution is 5.27. The van der Waals surface area contributed by atoms with Crippen LogP contribution in [0.15, 0.2) is 30.6 Å². The smallest absolute Gasteiger partial charge is 0.146 e. The molecule has 0 unspecified atom stereocenters. The molecule has 1 N–H and O–H groups in total. The first kappa shape index (κ1) is 12.6. The van der Waals surface area contributed by atoms with Crippen LogP contribution in [0.5, 0.6) is 5.75 Å². The first-order valence-electron chi connectivity index (χ1n) is 5.99. The van der Waals surface area contributed by atoms with Crippen molar-refractivity contribution in [1.82, 2.24) is 20.1 Å². The summed E-state index contributed by atoms with van der Waals surface area (Å²) in [6.45, 7) is 4.18. The summed E-state index contributed by atoms with van der Waals surface area (Å²) < 4.78 is 7.53. The fourth-order valence-electron chi connectivity index (χ4n) is 1.61. The molecule has 0 amide bonds. The van der Waals surface area contributed by atoms with E-state index in [9.17, 15) is 0 Å². The minimum absolute atomic E-state index is 0.640. The van der Waals surface area contributed by atoms with Crippen LogP contribution in [0, 0.1) is 6.92 Å². The van der Waals surface area contributed by atoms with E-state index in [-0.39, 0.29) is 0 Å². The zero-order chi connectivity index (χ0) is 12.8. The van der Waals surface area contributed by atoms with E-state index in [1.165, 1.54) is 5.56 Å². The number of aryl methyl sites for hydroxylation is 2. The number of ether oxygens (including phenoxy) is 1. The Morgan fingerprint density at radius 3 is 3.00 bits per heavy atom. The van der Waals surface area contributed by atoms with Crippen molar-refractivity contribution in [1.29, 1.82) is 0 Å². The molecule has 0 saturated carbocycles. The fourth-order valence-corrected chi connectivity index (χ4v) is 1.61. The van der Waals surface area contributed by atoms with E-state index < -0.39 is 0 Å². The number of aromatic nitrogens is 3. The molecule has 0 aliphatic rings. The van der Waals surface area contributed by atoms with E-state index in [0.717, 1.165) is 18.1 Å². The number of nitrogens with zero attached hydrogens (tertiary/aromatic N) is 3. The monoisotopic (exact) mass is 246 g/mol. The standard InChI is InChI=1S/C13H18N4O/c1-11-4-3-5-12(8-11)18-7-6-14-9-13-16-15-10-17(13)2/h3-5,8,10,14H,6-7,9H2,1-2H3. The number of nitrogens with one attached hydrogen (secondary N) is 1. The molecule has 0 radical (unpaired) electrons. The second kappa shape index (κ2) is 6.16. The average Bonchev–Trinajstić information content (AvgIpc) is 2.75. The Labute approximate surface area is 107 Å². The van der Waals surface area contributed by atoms with Crippen molar-refractivity contribution in [3.8, 4) is 5.75 Å². The normalized spacial score (nSPS) is 10.6. The van der Waals surface area contributed by atoms with Gasteiger partial charge < -0.3 is 14.6 Å². The molecule has 0 aliphatic heterocycles. The van der Waals surface area contributed by atoms with Crippen LogP contribution in [0.4, 0.5) is 0 Å². The summed E-state index contributed by atoms with van der Waals surface area (Å²) in [5.41, 5.74) is 1.21. The third-order valence-corrected chi connectivity index (χ3v) is 2.63. The highest BCUT2D eigenvalue weighted by Crippen LogP contribution is 2.11. The van der Waals surface area contributed by atoms with Crippen molar-refractivity contribution in [2.75, 3.05) is 13.2 Å². The van der Waals surface area contributed by atoms with Gasteiger partial charge in [-0.2, -0.15) is 0 Å². The minimum Gasteiger partial charge on any atom is -0.492 e. The lowest BCUT2D eigenvalue weighted by Crippen LogP contribution is -2.22. The first-order valence-corrected chi connectivity index (χ1v) is 5.99. The summed E-state index contributed by atoms with van der Waals surface area (Å²) in [4.78, 5) is 0. The molecule has 1 aromatic heterocycles. The molecule has 5 heteroatoms. The molecule has 96 valence electrons. The van der Waals surface area contributed by atoms with Gasteiger partial charge in [-0.3, -0.25) is 0 Å². The minimum atomic E-state index is 0.640. The maximum absolute atomic E-state index is 5.63. The van der Waals surface area contributed by atoms with Crippen molar-refractivity contribution in [2.24, 2.45) is 7.05 Å². The fraction of sp³-hybridized carbons (Fsp3) is 0.385. The van der Waals surface area contributed by atoms with Gasteiger partial charge in [0.05, 0.1) is 6.54 Å². The van der Waals surface area contributed by atoms with Gasteiger partial charge in [0.25, 0.3) is 0 Å². The third kappa shape index (κ3) is 3.56. The van der Waals surface area contributed by atoms with Gasteiger partial charge in [-0.1, -0.05) is 12.1 Å². The Balaban J connectivity index is 1.66. The molecule has 18 heavy (non-hydrogen) atoms. The summed E-state index contributed by atoms with van der Waals surface area (Å²) in [6.07, 6.45) is 1.69. The molecule has 5 nitrogen and oxygen atoms in total. The highest BCUT2D eigenvalue weighted by atomic mass is 16.5. The summed E-state index contributed by atoms with van der Waals surface area (Å²) in [7, 11) is 1.93. The van der Waals surface area contributed by atoms with Gasteiger partial charge >= 0.3 is 0 Å². The van der Waals surface area contributed by atoms with Crippen LogP contribution in [0.2, 0.25) is 0 Å². The predicted octanol–water partition coefficient (Wildman–Crippen LogP) is 1.29. The number of rotatable bonds is 6. The maximum atomic E-state index is 5.63. The maximum Gasteiger partial charge on any atom is 0.146 e. The summed E-state index contributed by atoms with van der Waals surface area (Å²) in [6, 6.07) is 8.05. The predicted molar refractivity (Wildman–Crippen MR) is 69.4 cm³/mol. The van der Waals surface area contributed by atoms with Crippen LogP contribution >= 0.6 is 0 Å². The SMILES string of the molecule is Cc1cccc(OCCNCc2nncn2C)c1. The van der Waals surface area contributed by atoms with Crippen molar-refractivity contribution < 1.29 is 4.74 Å². The first-order chi connectivity index (χ1) is 8.75. The van der Waals surface area contributed by atoms with E-state index >= 15 is 0 Å². The van der Waals surface area contributed by atoms with Gasteiger partial charge in [0.2, 0.25) is 0 Å². The molecule has 1 heterocycles. The van der Waals surface area contributed by atoms with Crippen LogP contribution in [-0.2, 0) is 13.6 Å². The van der Waals surface area contributed by atoms with Crippen LogP contribution < -0.4 is 10.1 Å². The van der Waals surface area contributed by atoms with Gasteiger partial charge in [0.1, 0.15) is 24.5 Å². The van der Waals surface area contributed by atoms with Gasteiger partial charge in [-0.05, 0) is 24.6 Å². The van der Waals surface area contributed by atoms with Gasteiger partial charge in [0, 0.05) is 13.6 Å².